The maximum atomic E-state index is 13.4. The summed E-state index contributed by atoms with van der Waals surface area (Å²) in [4.78, 5) is 0.0419. The van der Waals surface area contributed by atoms with Crippen molar-refractivity contribution in [3.8, 4) is 11.5 Å². The van der Waals surface area contributed by atoms with Crippen LogP contribution in [0.3, 0.4) is 0 Å². The van der Waals surface area contributed by atoms with Gasteiger partial charge in [0, 0.05) is 36.1 Å². The number of halogens is 1. The number of hydrogen-bond donors (Lipinski definition) is 1. The van der Waals surface area contributed by atoms with Crippen LogP contribution in [0.1, 0.15) is 13.8 Å². The van der Waals surface area contributed by atoms with Crippen LogP contribution in [0.2, 0.25) is 0 Å². The highest BCUT2D eigenvalue weighted by Gasteiger charge is 2.39. The normalized spacial score (nSPS) is 21.7. The highest BCUT2D eigenvalue weighted by atomic mass is 79.9. The molecule has 1 aliphatic heterocycles. The third-order valence-electron chi connectivity index (χ3n) is 5.82. The van der Waals surface area contributed by atoms with Crippen molar-refractivity contribution in [3.05, 3.63) is 46.9 Å². The summed E-state index contributed by atoms with van der Waals surface area (Å²) < 4.78 is 67.5. The molecule has 0 spiro atoms. The Bertz CT molecular complexity index is 1240. The molecule has 0 fully saturated rings. The third-order valence-corrected chi connectivity index (χ3v) is 10.1. The minimum atomic E-state index is -3.95. The standard InChI is InChI=1S/C22H29BrN2O7S2/c1-15-12-25(16(2)14-26)34(29,30)22-9-8-17(23)10-20(22)32-21(15)13-24(3)33(27,28)19-7-5-6-18(11-19)31-4/h5-11,15-16,21,26H,12-14H2,1-4H3/t15-,16+,21-/m1/s1. The summed E-state index contributed by atoms with van der Waals surface area (Å²) >= 11 is 3.35. The first-order valence-electron chi connectivity index (χ1n) is 10.6. The smallest absolute Gasteiger partial charge is 0.247 e. The quantitative estimate of drug-likeness (QED) is 0.538. The second kappa shape index (κ2) is 10.5. The Labute approximate surface area is 209 Å². The van der Waals surface area contributed by atoms with Crippen LogP contribution in [-0.2, 0) is 20.0 Å². The SMILES string of the molecule is COc1cccc(S(=O)(=O)N(C)C[C@H]2Oc3cc(Br)ccc3S(=O)(=O)N([C@@H](C)CO)C[C@H]2C)c1. The van der Waals surface area contributed by atoms with Gasteiger partial charge in [-0.2, -0.15) is 8.61 Å². The number of rotatable bonds is 7. The Morgan fingerprint density at radius 1 is 1.29 bits per heavy atom. The van der Waals surface area contributed by atoms with Crippen molar-refractivity contribution in [3.63, 3.8) is 0 Å². The van der Waals surface area contributed by atoms with Gasteiger partial charge in [0.1, 0.15) is 22.5 Å². The molecule has 2 aromatic carbocycles. The minimum Gasteiger partial charge on any atom is -0.497 e. The van der Waals surface area contributed by atoms with Crippen molar-refractivity contribution in [1.82, 2.24) is 8.61 Å². The fourth-order valence-corrected chi connectivity index (χ4v) is 7.09. The third kappa shape index (κ3) is 5.42. The molecular weight excluding hydrogens is 548 g/mol. The Kier molecular flexibility index (Phi) is 8.31. The summed E-state index contributed by atoms with van der Waals surface area (Å²) in [7, 11) is -4.90. The molecule has 2 aromatic rings. The fraction of sp³-hybridized carbons (Fsp3) is 0.455. The highest BCUT2D eigenvalue weighted by molar-refractivity contribution is 9.10. The Balaban J connectivity index is 2.00. The second-order valence-corrected chi connectivity index (χ2v) is 13.1. The summed E-state index contributed by atoms with van der Waals surface area (Å²) in [6, 6.07) is 10.1. The number of sulfonamides is 2. The van der Waals surface area contributed by atoms with Crippen LogP contribution < -0.4 is 9.47 Å². The van der Waals surface area contributed by atoms with E-state index < -0.39 is 32.2 Å². The van der Waals surface area contributed by atoms with E-state index in [9.17, 15) is 21.9 Å². The van der Waals surface area contributed by atoms with E-state index in [1.54, 1.807) is 38.1 Å². The zero-order valence-corrected chi connectivity index (χ0v) is 22.6. The van der Waals surface area contributed by atoms with Gasteiger partial charge in [-0.25, -0.2) is 16.8 Å². The Hall–Kier alpha value is -1.70. The number of nitrogens with zero attached hydrogens (tertiary/aromatic N) is 2. The van der Waals surface area contributed by atoms with E-state index in [0.717, 1.165) is 0 Å². The Morgan fingerprint density at radius 3 is 2.65 bits per heavy atom. The molecule has 1 aliphatic rings. The topological polar surface area (TPSA) is 113 Å². The van der Waals surface area contributed by atoms with Crippen molar-refractivity contribution >= 4 is 36.0 Å². The summed E-state index contributed by atoms with van der Waals surface area (Å²) in [5.41, 5.74) is 0. The van der Waals surface area contributed by atoms with Crippen LogP contribution in [0.25, 0.3) is 0 Å². The molecule has 188 valence electrons. The lowest BCUT2D eigenvalue weighted by Crippen LogP contribution is -2.50. The molecule has 0 saturated heterocycles. The van der Waals surface area contributed by atoms with E-state index in [2.05, 4.69) is 15.9 Å². The number of ether oxygens (including phenoxy) is 2. The number of likely N-dealkylation sites (N-methyl/N-ethyl adjacent to an activating group) is 1. The zero-order chi connectivity index (χ0) is 25.3. The maximum Gasteiger partial charge on any atom is 0.247 e. The summed E-state index contributed by atoms with van der Waals surface area (Å²) in [5.74, 6) is 0.148. The van der Waals surface area contributed by atoms with Gasteiger partial charge >= 0.3 is 0 Å². The molecule has 0 radical (unpaired) electrons. The first-order valence-corrected chi connectivity index (χ1v) is 14.3. The van der Waals surface area contributed by atoms with Gasteiger partial charge in [0.05, 0.1) is 25.2 Å². The molecule has 1 heterocycles. The molecule has 0 unspecified atom stereocenters. The number of aliphatic hydroxyl groups excluding tert-OH is 1. The molecule has 3 atom stereocenters. The van der Waals surface area contributed by atoms with Gasteiger partial charge in [-0.05, 0) is 37.3 Å². The molecule has 0 saturated carbocycles. The molecule has 0 aliphatic carbocycles. The first-order chi connectivity index (χ1) is 15.9. The molecule has 12 heteroatoms. The van der Waals surface area contributed by atoms with Crippen molar-refractivity contribution in [2.24, 2.45) is 5.92 Å². The van der Waals surface area contributed by atoms with Gasteiger partial charge in [-0.3, -0.25) is 0 Å². The second-order valence-electron chi connectivity index (χ2n) is 8.30. The van der Waals surface area contributed by atoms with Crippen molar-refractivity contribution in [2.45, 2.75) is 35.8 Å². The lowest BCUT2D eigenvalue weighted by molar-refractivity contribution is 0.0904. The molecule has 3 rings (SSSR count). The minimum absolute atomic E-state index is 0.0198. The average molecular weight is 578 g/mol. The van der Waals surface area contributed by atoms with Crippen molar-refractivity contribution in [1.29, 1.82) is 0 Å². The van der Waals surface area contributed by atoms with E-state index in [1.807, 2.05) is 0 Å². The van der Waals surface area contributed by atoms with Crippen LogP contribution in [-0.4, -0.2) is 76.6 Å². The van der Waals surface area contributed by atoms with Gasteiger partial charge in [0.15, 0.2) is 0 Å². The fourth-order valence-electron chi connectivity index (χ4n) is 3.71. The molecule has 0 bridgehead atoms. The molecule has 0 amide bonds. The van der Waals surface area contributed by atoms with Crippen LogP contribution in [0.15, 0.2) is 56.7 Å². The van der Waals surface area contributed by atoms with E-state index in [-0.39, 0.29) is 41.2 Å². The van der Waals surface area contributed by atoms with Crippen LogP contribution in [0.4, 0.5) is 0 Å². The van der Waals surface area contributed by atoms with E-state index >= 15 is 0 Å². The van der Waals surface area contributed by atoms with Crippen molar-refractivity contribution in [2.75, 3.05) is 33.9 Å². The molecule has 9 nitrogen and oxygen atoms in total. The first kappa shape index (κ1) is 26.9. The van der Waals surface area contributed by atoms with Gasteiger partial charge in [-0.15, -0.1) is 0 Å². The van der Waals surface area contributed by atoms with Gasteiger partial charge in [-0.1, -0.05) is 28.9 Å². The lowest BCUT2D eigenvalue weighted by atomic mass is 10.0. The molecule has 0 aromatic heterocycles. The van der Waals surface area contributed by atoms with Gasteiger partial charge in [0.25, 0.3) is 0 Å². The number of benzene rings is 2. The lowest BCUT2D eigenvalue weighted by Gasteiger charge is -2.37. The predicted octanol–water partition coefficient (Wildman–Crippen LogP) is 2.55. The Morgan fingerprint density at radius 2 is 2.00 bits per heavy atom. The van der Waals surface area contributed by atoms with Gasteiger partial charge < -0.3 is 14.6 Å². The predicted molar refractivity (Wildman–Crippen MR) is 131 cm³/mol. The number of hydrogen-bond acceptors (Lipinski definition) is 7. The number of aliphatic hydroxyl groups is 1. The van der Waals surface area contributed by atoms with Crippen molar-refractivity contribution < 1.29 is 31.4 Å². The van der Waals surface area contributed by atoms with Gasteiger partial charge in [0.2, 0.25) is 20.0 Å². The maximum absolute atomic E-state index is 13.4. The number of methoxy groups -OCH3 is 1. The van der Waals surface area contributed by atoms with E-state index in [4.69, 9.17) is 9.47 Å². The number of fused-ring (bicyclic) bond motifs is 1. The van der Waals surface area contributed by atoms with E-state index in [0.29, 0.717) is 10.2 Å². The summed E-state index contributed by atoms with van der Waals surface area (Å²) in [6.07, 6.45) is -0.665. The van der Waals surface area contributed by atoms with Crippen LogP contribution in [0.5, 0.6) is 11.5 Å². The monoisotopic (exact) mass is 576 g/mol. The zero-order valence-electron chi connectivity index (χ0n) is 19.4. The van der Waals surface area contributed by atoms with E-state index in [1.165, 1.54) is 41.0 Å². The summed E-state index contributed by atoms with van der Waals surface area (Å²) in [5, 5.41) is 9.70. The summed E-state index contributed by atoms with van der Waals surface area (Å²) in [6.45, 7) is 3.10. The van der Waals surface area contributed by atoms with Crippen LogP contribution >= 0.6 is 15.9 Å². The molecule has 34 heavy (non-hydrogen) atoms. The highest BCUT2D eigenvalue weighted by Crippen LogP contribution is 2.35. The van der Waals surface area contributed by atoms with Crippen LogP contribution in [0, 0.1) is 5.92 Å². The average Bonchev–Trinajstić information content (AvgIpc) is 2.80. The molecular formula is C22H29BrN2O7S2. The largest absolute Gasteiger partial charge is 0.497 e. The molecule has 1 N–H and O–H groups in total.